The molecule has 238 valence electrons. The maximum absolute atomic E-state index is 2.76. The summed E-state index contributed by atoms with van der Waals surface area (Å²) in [6.45, 7) is 24.1. The average molecular weight is 727 g/mol. The minimum absolute atomic E-state index is 0. The van der Waals surface area contributed by atoms with Gasteiger partial charge in [0, 0.05) is 0 Å². The van der Waals surface area contributed by atoms with Crippen LogP contribution in [-0.4, -0.2) is 3.71 Å². The Labute approximate surface area is 298 Å². The number of hydrogen-bond donors (Lipinski definition) is 0. The molecule has 0 aromatic heterocycles. The molecule has 0 saturated heterocycles. The van der Waals surface area contributed by atoms with Crippen LogP contribution in [0.2, 0.25) is 0 Å². The molecule has 0 amide bonds. The Morgan fingerprint density at radius 2 is 1.43 bits per heavy atom. The zero-order valence-corrected chi connectivity index (χ0v) is 33.2. The van der Waals surface area contributed by atoms with Gasteiger partial charge < -0.3 is 24.8 Å². The third kappa shape index (κ3) is 5.51. The predicted molar refractivity (Wildman–Crippen MR) is 188 cm³/mol. The fraction of sp³-hybridized carbons (Fsp3) is 0.372. The Morgan fingerprint density at radius 3 is 2.04 bits per heavy atom. The summed E-state index contributed by atoms with van der Waals surface area (Å²) < 4.78 is 6.29. The Bertz CT molecular complexity index is 1900. The molecule has 0 spiro atoms. The van der Waals surface area contributed by atoms with Gasteiger partial charge in [-0.25, -0.2) is 0 Å². The largest absolute Gasteiger partial charge is 1.00 e. The van der Waals surface area contributed by atoms with Crippen molar-refractivity contribution in [2.24, 2.45) is 11.3 Å². The van der Waals surface area contributed by atoms with Crippen molar-refractivity contribution in [1.82, 2.24) is 0 Å². The molecule has 0 bridgehead atoms. The summed E-state index contributed by atoms with van der Waals surface area (Å²) in [5.41, 5.74) is 18.2. The van der Waals surface area contributed by atoms with Crippen molar-refractivity contribution < 1.29 is 46.1 Å². The Morgan fingerprint density at radius 1 is 0.826 bits per heavy atom. The first-order chi connectivity index (χ1) is 20.7. The van der Waals surface area contributed by atoms with Gasteiger partial charge in [-0.15, -0.1) is 0 Å². The van der Waals surface area contributed by atoms with Gasteiger partial charge in [0.1, 0.15) is 0 Å². The smallest absolute Gasteiger partial charge is 1.00 e. The van der Waals surface area contributed by atoms with Crippen LogP contribution in [0.1, 0.15) is 115 Å². The molecule has 0 fully saturated rings. The van der Waals surface area contributed by atoms with Crippen molar-refractivity contribution in [1.29, 1.82) is 0 Å². The SMILES string of the molecule is CCC1C=C(C(C)(C)C)C=[C]1[Zr+2](=[CH]c1ccccc1)[C]1=C(C)c2cc3c(cc2C1(C)C)Cc1cc2c(cc1-3)C(C)=CC2(C)C.[Cl-].[Cl-]. The zero-order valence-electron chi connectivity index (χ0n) is 29.3. The molecule has 4 aliphatic rings. The fourth-order valence-electron chi connectivity index (χ4n) is 8.68. The Kier molecular flexibility index (Phi) is 9.30. The van der Waals surface area contributed by atoms with Gasteiger partial charge in [-0.3, -0.25) is 0 Å². The molecule has 7 rings (SSSR count). The van der Waals surface area contributed by atoms with Gasteiger partial charge in [-0.2, -0.15) is 0 Å². The van der Waals surface area contributed by atoms with Gasteiger partial charge in [0.25, 0.3) is 0 Å². The number of benzene rings is 3. The summed E-state index contributed by atoms with van der Waals surface area (Å²) in [5.74, 6) is 0.554. The molecule has 1 atom stereocenters. The third-order valence-corrected chi connectivity index (χ3v) is 19.1. The van der Waals surface area contributed by atoms with Gasteiger partial charge >= 0.3 is 275 Å². The van der Waals surface area contributed by atoms with Gasteiger partial charge in [-0.05, 0) is 0 Å². The summed E-state index contributed by atoms with van der Waals surface area (Å²) >= 11 is -2.50. The van der Waals surface area contributed by atoms with E-state index in [0.717, 1.165) is 6.42 Å². The molecular weight excluding hydrogens is 679 g/mol. The van der Waals surface area contributed by atoms with Crippen molar-refractivity contribution in [3.63, 3.8) is 0 Å². The maximum atomic E-state index is 2.76. The van der Waals surface area contributed by atoms with Crippen molar-refractivity contribution in [2.45, 2.75) is 92.9 Å². The first kappa shape index (κ1) is 35.3. The number of halogens is 2. The number of fused-ring (bicyclic) bond motifs is 5. The van der Waals surface area contributed by atoms with Gasteiger partial charge in [-0.1, -0.05) is 0 Å². The van der Waals surface area contributed by atoms with Crippen LogP contribution in [0.4, 0.5) is 0 Å². The minimum atomic E-state index is -2.50. The molecule has 0 N–H and O–H groups in total. The van der Waals surface area contributed by atoms with E-state index in [4.69, 9.17) is 0 Å². The third-order valence-electron chi connectivity index (χ3n) is 11.0. The summed E-state index contributed by atoms with van der Waals surface area (Å²) in [6, 6.07) is 21.5. The van der Waals surface area contributed by atoms with E-state index < -0.39 is 21.3 Å². The van der Waals surface area contributed by atoms with Gasteiger partial charge in [0.15, 0.2) is 0 Å². The molecule has 0 radical (unpaired) electrons. The second-order valence-electron chi connectivity index (χ2n) is 15.9. The van der Waals surface area contributed by atoms with E-state index in [0.29, 0.717) is 5.92 Å². The van der Waals surface area contributed by atoms with Crippen LogP contribution >= 0.6 is 0 Å². The van der Waals surface area contributed by atoms with E-state index in [1.54, 1.807) is 17.7 Å². The monoisotopic (exact) mass is 724 g/mol. The number of rotatable bonds is 4. The number of allylic oxidation sites excluding steroid dienone is 8. The predicted octanol–water partition coefficient (Wildman–Crippen LogP) is 5.35. The summed E-state index contributed by atoms with van der Waals surface area (Å²) in [7, 11) is 0. The normalized spacial score (nSPS) is 19.8. The molecule has 0 heterocycles. The zero-order chi connectivity index (χ0) is 31.3. The van der Waals surface area contributed by atoms with Crippen LogP contribution in [0.25, 0.3) is 22.3 Å². The van der Waals surface area contributed by atoms with E-state index in [1.165, 1.54) is 62.1 Å². The van der Waals surface area contributed by atoms with Crippen LogP contribution in [0.3, 0.4) is 0 Å². The van der Waals surface area contributed by atoms with Crippen molar-refractivity contribution in [2.75, 3.05) is 0 Å². The molecule has 0 aliphatic heterocycles. The quantitative estimate of drug-likeness (QED) is 0.267. The number of hydrogen-bond acceptors (Lipinski definition) is 0. The Balaban J connectivity index is 0.00000208. The van der Waals surface area contributed by atoms with E-state index in [9.17, 15) is 0 Å². The molecule has 3 heteroatoms. The first-order valence-electron chi connectivity index (χ1n) is 16.7. The average Bonchev–Trinajstić information content (AvgIpc) is 3.66. The fourth-order valence-corrected chi connectivity index (χ4v) is 17.2. The van der Waals surface area contributed by atoms with Crippen LogP contribution in [-0.2, 0) is 38.5 Å². The van der Waals surface area contributed by atoms with Crippen molar-refractivity contribution >= 4 is 14.9 Å². The maximum Gasteiger partial charge on any atom is -1.00 e. The van der Waals surface area contributed by atoms with Crippen molar-refractivity contribution in [3.8, 4) is 11.1 Å². The van der Waals surface area contributed by atoms with Crippen LogP contribution in [0.5, 0.6) is 0 Å². The second-order valence-corrected chi connectivity index (χ2v) is 21.3. The molecule has 4 aliphatic carbocycles. The molecule has 3 aromatic rings. The molecule has 0 saturated carbocycles. The van der Waals surface area contributed by atoms with Crippen molar-refractivity contribution in [3.05, 3.63) is 124 Å². The van der Waals surface area contributed by atoms with Crippen LogP contribution in [0.15, 0.2) is 85.0 Å². The molecule has 1 unspecified atom stereocenters. The first-order valence-corrected chi connectivity index (χ1v) is 20.6. The molecule has 46 heavy (non-hydrogen) atoms. The molecular formula is C43H48Cl2Zr. The second kappa shape index (κ2) is 12.1. The Hall–Kier alpha value is -2.05. The van der Waals surface area contributed by atoms with Crippen LogP contribution in [0, 0.1) is 11.3 Å². The van der Waals surface area contributed by atoms with E-state index in [2.05, 4.69) is 146 Å². The topological polar surface area (TPSA) is 0 Å². The van der Waals surface area contributed by atoms with Gasteiger partial charge in [0.05, 0.1) is 0 Å². The van der Waals surface area contributed by atoms with E-state index in [-0.39, 0.29) is 41.1 Å². The minimum Gasteiger partial charge on any atom is -1.00 e. The van der Waals surface area contributed by atoms with E-state index in [1.807, 2.05) is 0 Å². The van der Waals surface area contributed by atoms with Gasteiger partial charge in [0.2, 0.25) is 0 Å². The molecule has 3 aromatic carbocycles. The summed E-state index contributed by atoms with van der Waals surface area (Å²) in [6.07, 6.45) is 9.94. The van der Waals surface area contributed by atoms with E-state index >= 15 is 0 Å². The summed E-state index contributed by atoms with van der Waals surface area (Å²) in [4.78, 5) is 0. The summed E-state index contributed by atoms with van der Waals surface area (Å²) in [5, 5.41) is 0. The molecule has 0 nitrogen and oxygen atoms in total. The standard InChI is InChI=1S/C25H25.C11H17.C7H6.2ClH.Zr/c1-14-12-24(3,4)22-8-16-7-17-9-23-19(15(2)13-25(23,5)6)11-21(17)20(16)10-18(14)22;1-5-9-6-7-10(8-9)11(2,3)4;1-7-5-3-2-4-6-7;;;/h8-12H,7H2,1-6H3;7-9H,5H2,1-4H3;1-6H;2*1H;/q;;;;;+2/p-2. The van der Waals surface area contributed by atoms with Crippen LogP contribution < -0.4 is 24.8 Å².